The number of aromatic nitrogens is 2. The molecule has 0 amide bonds. The van der Waals surface area contributed by atoms with Crippen LogP contribution < -0.4 is 5.32 Å². The Kier molecular flexibility index (Phi) is 3.25. The van der Waals surface area contributed by atoms with Gasteiger partial charge in [0.1, 0.15) is 6.07 Å². The first-order valence-corrected chi connectivity index (χ1v) is 4.93. The molecular formula is C11H16N4. The van der Waals surface area contributed by atoms with Crippen LogP contribution in [0.15, 0.2) is 12.3 Å². The second-order valence-corrected chi connectivity index (χ2v) is 4.64. The summed E-state index contributed by atoms with van der Waals surface area (Å²) in [6, 6.07) is 3.97. The first kappa shape index (κ1) is 11.4. The van der Waals surface area contributed by atoms with Crippen LogP contribution in [0.5, 0.6) is 0 Å². The Hall–Kier alpha value is -1.63. The maximum Gasteiger partial charge on any atom is 0.166 e. The zero-order chi connectivity index (χ0) is 11.5. The highest BCUT2D eigenvalue weighted by atomic mass is 15.2. The van der Waals surface area contributed by atoms with Gasteiger partial charge in [0.15, 0.2) is 5.82 Å². The van der Waals surface area contributed by atoms with Crippen molar-refractivity contribution < 1.29 is 0 Å². The molecule has 1 aromatic rings. The van der Waals surface area contributed by atoms with Gasteiger partial charge < -0.3 is 5.32 Å². The zero-order valence-electron chi connectivity index (χ0n) is 9.57. The monoisotopic (exact) mass is 204 g/mol. The number of nitrogens with zero attached hydrogens (tertiary/aromatic N) is 3. The van der Waals surface area contributed by atoms with Crippen LogP contribution in [-0.4, -0.2) is 16.2 Å². The second kappa shape index (κ2) is 4.26. The van der Waals surface area contributed by atoms with E-state index in [-0.39, 0.29) is 11.5 Å². The minimum absolute atomic E-state index is 0.115. The van der Waals surface area contributed by atoms with Crippen LogP contribution in [0.3, 0.4) is 0 Å². The molecule has 1 atom stereocenters. The summed E-state index contributed by atoms with van der Waals surface area (Å²) in [5.74, 6) is 0.558. The molecule has 0 aliphatic carbocycles. The lowest BCUT2D eigenvalue weighted by Crippen LogP contribution is -2.31. The molecule has 1 rings (SSSR count). The van der Waals surface area contributed by atoms with Crippen molar-refractivity contribution in [2.75, 3.05) is 5.32 Å². The summed E-state index contributed by atoms with van der Waals surface area (Å²) in [4.78, 5) is 0. The van der Waals surface area contributed by atoms with E-state index >= 15 is 0 Å². The third-order valence-corrected chi connectivity index (χ3v) is 2.49. The van der Waals surface area contributed by atoms with Crippen molar-refractivity contribution >= 4 is 5.82 Å². The summed E-state index contributed by atoms with van der Waals surface area (Å²) in [5.41, 5.74) is 0.644. The van der Waals surface area contributed by atoms with Gasteiger partial charge in [0.25, 0.3) is 0 Å². The largest absolute Gasteiger partial charge is 0.365 e. The Morgan fingerprint density at radius 3 is 2.67 bits per heavy atom. The van der Waals surface area contributed by atoms with Crippen molar-refractivity contribution in [3.05, 3.63) is 17.8 Å². The van der Waals surface area contributed by atoms with Gasteiger partial charge in [-0.1, -0.05) is 20.8 Å². The Morgan fingerprint density at radius 1 is 1.47 bits per heavy atom. The van der Waals surface area contributed by atoms with Gasteiger partial charge in [-0.15, -0.1) is 5.10 Å². The molecule has 0 aliphatic heterocycles. The van der Waals surface area contributed by atoms with Crippen molar-refractivity contribution in [3.63, 3.8) is 0 Å². The number of nitriles is 1. The molecule has 1 unspecified atom stereocenters. The average Bonchev–Trinajstić information content (AvgIpc) is 2.17. The van der Waals surface area contributed by atoms with Crippen LogP contribution in [0.4, 0.5) is 5.82 Å². The summed E-state index contributed by atoms with van der Waals surface area (Å²) in [6.45, 7) is 8.46. The van der Waals surface area contributed by atoms with Crippen LogP contribution >= 0.6 is 0 Å². The van der Waals surface area contributed by atoms with Crippen LogP contribution in [-0.2, 0) is 0 Å². The minimum atomic E-state index is 0.115. The predicted octanol–water partition coefficient (Wildman–Crippen LogP) is 2.19. The molecular weight excluding hydrogens is 188 g/mol. The van der Waals surface area contributed by atoms with E-state index in [2.05, 4.69) is 49.3 Å². The van der Waals surface area contributed by atoms with Crippen molar-refractivity contribution in [2.24, 2.45) is 5.41 Å². The van der Waals surface area contributed by atoms with Crippen molar-refractivity contribution in [1.29, 1.82) is 5.26 Å². The summed E-state index contributed by atoms with van der Waals surface area (Å²) < 4.78 is 0. The van der Waals surface area contributed by atoms with E-state index in [1.807, 2.05) is 0 Å². The zero-order valence-corrected chi connectivity index (χ0v) is 9.57. The third kappa shape index (κ3) is 2.91. The highest BCUT2D eigenvalue weighted by Gasteiger charge is 2.21. The third-order valence-electron chi connectivity index (χ3n) is 2.49. The molecule has 0 saturated carbocycles. The molecule has 1 N–H and O–H groups in total. The molecule has 4 heteroatoms. The highest BCUT2D eigenvalue weighted by molar-refractivity contribution is 5.50. The lowest BCUT2D eigenvalue weighted by atomic mass is 9.88. The van der Waals surface area contributed by atoms with Gasteiger partial charge >= 0.3 is 0 Å². The topological polar surface area (TPSA) is 61.6 Å². The van der Waals surface area contributed by atoms with E-state index in [1.54, 1.807) is 6.07 Å². The summed E-state index contributed by atoms with van der Waals surface area (Å²) in [7, 11) is 0. The number of hydrogen-bond donors (Lipinski definition) is 1. The minimum Gasteiger partial charge on any atom is -0.365 e. The summed E-state index contributed by atoms with van der Waals surface area (Å²) in [6.07, 6.45) is 1.52. The number of hydrogen-bond acceptors (Lipinski definition) is 4. The number of nitrogens with one attached hydrogen (secondary N) is 1. The van der Waals surface area contributed by atoms with Crippen LogP contribution in [0, 0.1) is 16.7 Å². The van der Waals surface area contributed by atoms with Crippen LogP contribution in [0.25, 0.3) is 0 Å². The molecule has 0 aromatic carbocycles. The van der Waals surface area contributed by atoms with Crippen molar-refractivity contribution in [1.82, 2.24) is 10.2 Å². The first-order valence-electron chi connectivity index (χ1n) is 4.93. The SMILES string of the molecule is CC(Nc1nnccc1C#N)C(C)(C)C. The molecule has 15 heavy (non-hydrogen) atoms. The van der Waals surface area contributed by atoms with Gasteiger partial charge in [0.05, 0.1) is 11.8 Å². The normalized spacial score (nSPS) is 13.0. The average molecular weight is 204 g/mol. The molecule has 0 aliphatic rings. The smallest absolute Gasteiger partial charge is 0.166 e. The Balaban J connectivity index is 2.86. The van der Waals surface area contributed by atoms with E-state index in [4.69, 9.17) is 5.26 Å². The van der Waals surface area contributed by atoms with Crippen molar-refractivity contribution in [2.45, 2.75) is 33.7 Å². The fraction of sp³-hybridized carbons (Fsp3) is 0.545. The van der Waals surface area contributed by atoms with E-state index in [1.165, 1.54) is 6.20 Å². The maximum absolute atomic E-state index is 8.88. The number of anilines is 1. The van der Waals surface area contributed by atoms with Crippen molar-refractivity contribution in [3.8, 4) is 6.07 Å². The van der Waals surface area contributed by atoms with E-state index in [9.17, 15) is 0 Å². The van der Waals surface area contributed by atoms with Gasteiger partial charge in [-0.3, -0.25) is 0 Å². The van der Waals surface area contributed by atoms with Crippen LogP contribution in [0.1, 0.15) is 33.3 Å². The van der Waals surface area contributed by atoms with Gasteiger partial charge in [0, 0.05) is 6.04 Å². The maximum atomic E-state index is 8.88. The fourth-order valence-corrected chi connectivity index (χ4v) is 0.950. The second-order valence-electron chi connectivity index (χ2n) is 4.64. The Bertz CT molecular complexity index is 373. The highest BCUT2D eigenvalue weighted by Crippen LogP contribution is 2.22. The Labute approximate surface area is 90.3 Å². The quantitative estimate of drug-likeness (QED) is 0.802. The summed E-state index contributed by atoms with van der Waals surface area (Å²) in [5, 5.41) is 19.8. The molecule has 0 fully saturated rings. The summed E-state index contributed by atoms with van der Waals surface area (Å²) >= 11 is 0. The van der Waals surface area contributed by atoms with Gasteiger partial charge in [-0.2, -0.15) is 10.4 Å². The van der Waals surface area contributed by atoms with E-state index < -0.39 is 0 Å². The molecule has 0 radical (unpaired) electrons. The molecule has 0 bridgehead atoms. The van der Waals surface area contributed by atoms with E-state index in [0.29, 0.717) is 11.4 Å². The molecule has 0 spiro atoms. The van der Waals surface area contributed by atoms with Gasteiger partial charge in [-0.05, 0) is 18.4 Å². The van der Waals surface area contributed by atoms with E-state index in [0.717, 1.165) is 0 Å². The number of rotatable bonds is 2. The molecule has 1 aromatic heterocycles. The fourth-order valence-electron chi connectivity index (χ4n) is 0.950. The lowest BCUT2D eigenvalue weighted by molar-refractivity contribution is 0.358. The predicted molar refractivity (Wildman–Crippen MR) is 59.3 cm³/mol. The lowest BCUT2D eigenvalue weighted by Gasteiger charge is -2.28. The first-order chi connectivity index (χ1) is 6.95. The molecule has 80 valence electrons. The molecule has 1 heterocycles. The van der Waals surface area contributed by atoms with Crippen LogP contribution in [0.2, 0.25) is 0 Å². The Morgan fingerprint density at radius 2 is 2.13 bits per heavy atom. The molecule has 0 saturated heterocycles. The standard InChI is InChI=1S/C11H16N4/c1-8(11(2,3)4)14-10-9(7-12)5-6-13-15-10/h5-6,8H,1-4H3,(H,14,15). The van der Waals surface area contributed by atoms with Gasteiger partial charge in [0.2, 0.25) is 0 Å². The van der Waals surface area contributed by atoms with Gasteiger partial charge in [-0.25, -0.2) is 0 Å². The molecule has 4 nitrogen and oxygen atoms in total.